The summed E-state index contributed by atoms with van der Waals surface area (Å²) in [5.41, 5.74) is 1.75. The van der Waals surface area contributed by atoms with Gasteiger partial charge < -0.3 is 19.5 Å². The Balaban J connectivity index is 1.33. The molecule has 37 heavy (non-hydrogen) atoms. The number of nitrogens with one attached hydrogen (secondary N) is 1. The SMILES string of the molecule is CC1CCC(Nc2ncc(-c3ccc(OC4CCOC4)cc3)c(OC3CCN(S(C)(=O)=O)CC3)n2)CC1. The molecule has 1 N–H and O–H groups in total. The molecule has 0 bridgehead atoms. The first kappa shape index (κ1) is 26.2. The van der Waals surface area contributed by atoms with Crippen molar-refractivity contribution in [2.75, 3.05) is 37.9 Å². The lowest BCUT2D eigenvalue weighted by Gasteiger charge is -2.31. The molecule has 2 aromatic rings. The number of piperidine rings is 1. The van der Waals surface area contributed by atoms with E-state index in [9.17, 15) is 8.42 Å². The zero-order chi connectivity index (χ0) is 25.8. The van der Waals surface area contributed by atoms with Crippen molar-refractivity contribution in [3.8, 4) is 22.8 Å². The molecule has 2 aliphatic heterocycles. The van der Waals surface area contributed by atoms with Crippen LogP contribution in [0.25, 0.3) is 11.1 Å². The Labute approximate surface area is 220 Å². The first-order chi connectivity index (χ1) is 17.8. The summed E-state index contributed by atoms with van der Waals surface area (Å²) in [7, 11) is -3.19. The van der Waals surface area contributed by atoms with Gasteiger partial charge in [0, 0.05) is 31.7 Å². The van der Waals surface area contributed by atoms with Crippen LogP contribution in [0.4, 0.5) is 5.95 Å². The Bertz CT molecular complexity index is 1140. The van der Waals surface area contributed by atoms with Gasteiger partial charge in [-0.15, -0.1) is 0 Å². The van der Waals surface area contributed by atoms with Crippen molar-refractivity contribution in [3.63, 3.8) is 0 Å². The highest BCUT2D eigenvalue weighted by molar-refractivity contribution is 7.88. The molecule has 10 heteroatoms. The zero-order valence-electron chi connectivity index (χ0n) is 21.8. The third-order valence-electron chi connectivity index (χ3n) is 7.61. The van der Waals surface area contributed by atoms with E-state index in [4.69, 9.17) is 19.2 Å². The predicted octanol–water partition coefficient (Wildman–Crippen LogP) is 4.10. The molecule has 1 aromatic carbocycles. The normalized spacial score (nSPS) is 25.6. The molecular formula is C27H38N4O5S. The van der Waals surface area contributed by atoms with Gasteiger partial charge in [-0.1, -0.05) is 19.1 Å². The predicted molar refractivity (Wildman–Crippen MR) is 142 cm³/mol. The van der Waals surface area contributed by atoms with E-state index in [0.717, 1.165) is 48.7 Å². The molecule has 1 aliphatic carbocycles. The maximum atomic E-state index is 11.9. The van der Waals surface area contributed by atoms with E-state index < -0.39 is 10.0 Å². The zero-order valence-corrected chi connectivity index (χ0v) is 22.6. The molecule has 0 amide bonds. The minimum Gasteiger partial charge on any atom is -0.488 e. The summed E-state index contributed by atoms with van der Waals surface area (Å²) in [5, 5.41) is 3.51. The molecule has 5 rings (SSSR count). The number of ether oxygens (including phenoxy) is 3. The fourth-order valence-corrected chi connectivity index (χ4v) is 6.14. The van der Waals surface area contributed by atoms with Crippen LogP contribution >= 0.6 is 0 Å². The smallest absolute Gasteiger partial charge is 0.226 e. The molecule has 0 radical (unpaired) electrons. The summed E-state index contributed by atoms with van der Waals surface area (Å²) in [4.78, 5) is 9.44. The standard InChI is InChI=1S/C27H38N4O5S/c1-19-3-7-21(8-4-19)29-27-28-17-25(20-5-9-22(10-6-20)35-24-13-16-34-18-24)26(30-27)36-23-11-14-31(15-12-23)37(2,32)33/h5-6,9-10,17,19,21,23-24H,3-4,7-8,11-16,18H2,1-2H3,(H,28,29,30). The van der Waals surface area contributed by atoms with Crippen molar-refractivity contribution in [2.24, 2.45) is 5.92 Å². The molecule has 0 spiro atoms. The molecule has 1 unspecified atom stereocenters. The van der Waals surface area contributed by atoms with Crippen LogP contribution < -0.4 is 14.8 Å². The van der Waals surface area contributed by atoms with Crippen LogP contribution in [0.3, 0.4) is 0 Å². The Kier molecular flexibility index (Phi) is 8.16. The van der Waals surface area contributed by atoms with Crippen molar-refractivity contribution < 1.29 is 22.6 Å². The lowest BCUT2D eigenvalue weighted by Crippen LogP contribution is -2.41. The second kappa shape index (κ2) is 11.5. The van der Waals surface area contributed by atoms with E-state index in [1.807, 2.05) is 30.5 Å². The second-order valence-electron chi connectivity index (χ2n) is 10.6. The second-order valence-corrected chi connectivity index (χ2v) is 12.6. The molecule has 1 saturated carbocycles. The van der Waals surface area contributed by atoms with Crippen molar-refractivity contribution in [2.45, 2.75) is 70.1 Å². The Morgan fingerprint density at radius 2 is 1.70 bits per heavy atom. The summed E-state index contributed by atoms with van der Waals surface area (Å²) >= 11 is 0. The van der Waals surface area contributed by atoms with Crippen LogP contribution in [0, 0.1) is 5.92 Å². The van der Waals surface area contributed by atoms with Gasteiger partial charge in [0.1, 0.15) is 18.0 Å². The molecule has 202 valence electrons. The third kappa shape index (κ3) is 6.91. The number of rotatable bonds is 8. The van der Waals surface area contributed by atoms with Gasteiger partial charge in [0.25, 0.3) is 0 Å². The quantitative estimate of drug-likeness (QED) is 0.544. The van der Waals surface area contributed by atoms with Gasteiger partial charge in [-0.25, -0.2) is 17.7 Å². The van der Waals surface area contributed by atoms with Gasteiger partial charge in [-0.2, -0.15) is 4.98 Å². The van der Waals surface area contributed by atoms with Crippen LogP contribution in [-0.2, 0) is 14.8 Å². The summed E-state index contributed by atoms with van der Waals surface area (Å²) in [5.74, 6) is 2.68. The van der Waals surface area contributed by atoms with Crippen LogP contribution in [0.15, 0.2) is 30.5 Å². The lowest BCUT2D eigenvalue weighted by atomic mass is 9.87. The fourth-order valence-electron chi connectivity index (χ4n) is 5.26. The Hall–Kier alpha value is -2.43. The van der Waals surface area contributed by atoms with Crippen molar-refractivity contribution in [1.29, 1.82) is 0 Å². The van der Waals surface area contributed by atoms with Crippen LogP contribution in [-0.4, -0.2) is 73.5 Å². The number of sulfonamides is 1. The molecule has 2 saturated heterocycles. The van der Waals surface area contributed by atoms with E-state index in [1.54, 1.807) is 0 Å². The molecule has 3 heterocycles. The highest BCUT2D eigenvalue weighted by Crippen LogP contribution is 2.33. The number of hydrogen-bond donors (Lipinski definition) is 1. The topological polar surface area (TPSA) is 103 Å². The molecular weight excluding hydrogens is 492 g/mol. The molecule has 3 aliphatic rings. The maximum absolute atomic E-state index is 11.9. The highest BCUT2D eigenvalue weighted by Gasteiger charge is 2.27. The van der Waals surface area contributed by atoms with Crippen LogP contribution in [0.5, 0.6) is 11.6 Å². The van der Waals surface area contributed by atoms with Crippen molar-refractivity contribution in [3.05, 3.63) is 30.5 Å². The monoisotopic (exact) mass is 530 g/mol. The summed E-state index contributed by atoms with van der Waals surface area (Å²) in [6.07, 6.45) is 9.85. The lowest BCUT2D eigenvalue weighted by molar-refractivity contribution is 0.131. The van der Waals surface area contributed by atoms with Crippen LogP contribution in [0.1, 0.15) is 51.9 Å². The first-order valence-electron chi connectivity index (χ1n) is 13.4. The van der Waals surface area contributed by atoms with E-state index in [-0.39, 0.29) is 12.2 Å². The number of nitrogens with zero attached hydrogens (tertiary/aromatic N) is 3. The molecule has 1 aromatic heterocycles. The fraction of sp³-hybridized carbons (Fsp3) is 0.630. The van der Waals surface area contributed by atoms with Gasteiger partial charge in [0.15, 0.2) is 0 Å². The third-order valence-corrected chi connectivity index (χ3v) is 8.91. The first-order valence-corrected chi connectivity index (χ1v) is 15.3. The molecule has 9 nitrogen and oxygen atoms in total. The summed E-state index contributed by atoms with van der Waals surface area (Å²) in [6, 6.07) is 8.27. The van der Waals surface area contributed by atoms with E-state index in [1.165, 1.54) is 23.4 Å². The minimum absolute atomic E-state index is 0.0963. The van der Waals surface area contributed by atoms with Crippen molar-refractivity contribution >= 4 is 16.0 Å². The van der Waals surface area contributed by atoms with E-state index >= 15 is 0 Å². The minimum atomic E-state index is -3.19. The maximum Gasteiger partial charge on any atom is 0.226 e. The molecule has 3 fully saturated rings. The van der Waals surface area contributed by atoms with Gasteiger partial charge in [-0.3, -0.25) is 0 Å². The van der Waals surface area contributed by atoms with Crippen molar-refractivity contribution in [1.82, 2.24) is 14.3 Å². The van der Waals surface area contributed by atoms with Gasteiger partial charge in [0.05, 0.1) is 25.0 Å². The Morgan fingerprint density at radius 1 is 0.973 bits per heavy atom. The Morgan fingerprint density at radius 3 is 2.35 bits per heavy atom. The van der Waals surface area contributed by atoms with Gasteiger partial charge in [-0.05, 0) is 62.1 Å². The number of hydrogen-bond acceptors (Lipinski definition) is 8. The molecule has 1 atom stereocenters. The average molecular weight is 531 g/mol. The number of benzene rings is 1. The summed E-state index contributed by atoms with van der Waals surface area (Å²) in [6.45, 7) is 4.57. The highest BCUT2D eigenvalue weighted by atomic mass is 32.2. The number of aromatic nitrogens is 2. The largest absolute Gasteiger partial charge is 0.488 e. The van der Waals surface area contributed by atoms with E-state index in [2.05, 4.69) is 17.2 Å². The average Bonchev–Trinajstić information content (AvgIpc) is 3.39. The van der Waals surface area contributed by atoms with E-state index in [0.29, 0.717) is 50.4 Å². The van der Waals surface area contributed by atoms with Crippen LogP contribution in [0.2, 0.25) is 0 Å². The summed E-state index contributed by atoms with van der Waals surface area (Å²) < 4.78 is 43.2. The van der Waals surface area contributed by atoms with Gasteiger partial charge >= 0.3 is 0 Å². The number of anilines is 1. The van der Waals surface area contributed by atoms with Gasteiger partial charge in [0.2, 0.25) is 21.9 Å².